The molecule has 3 aromatic rings. The highest BCUT2D eigenvalue weighted by molar-refractivity contribution is 5.76. The first-order valence-corrected chi connectivity index (χ1v) is 8.65. The molecule has 1 heterocycles. The maximum absolute atomic E-state index is 13.4. The van der Waals surface area contributed by atoms with Crippen LogP contribution < -0.4 is 10.1 Å². The van der Waals surface area contributed by atoms with Crippen LogP contribution in [-0.2, 0) is 11.2 Å². The number of carbonyl (C=O) groups excluding carboxylic acids is 1. The molecule has 140 valence electrons. The molecule has 2 aromatic carbocycles. The highest BCUT2D eigenvalue weighted by Crippen LogP contribution is 2.18. The van der Waals surface area contributed by atoms with Gasteiger partial charge in [-0.15, -0.1) is 10.2 Å². The molecule has 0 aliphatic rings. The van der Waals surface area contributed by atoms with E-state index >= 15 is 0 Å². The Kier molecular flexibility index (Phi) is 6.14. The standard InChI is InChI=1S/C20H20FN3O3/c1-14-6-8-15(9-7-14)20-24-23-19(27-20)11-10-18(25)22-12-13-26-17-5-3-2-4-16(17)21/h2-9H,10-13H2,1H3,(H,22,25). The van der Waals surface area contributed by atoms with Crippen molar-refractivity contribution < 1.29 is 18.3 Å². The number of aromatic nitrogens is 2. The average Bonchev–Trinajstić information content (AvgIpc) is 3.14. The SMILES string of the molecule is Cc1ccc(-c2nnc(CCC(=O)NCCOc3ccccc3F)o2)cc1. The molecule has 1 N–H and O–H groups in total. The van der Waals surface area contributed by atoms with Crippen molar-refractivity contribution in [3.63, 3.8) is 0 Å². The second-order valence-corrected chi connectivity index (χ2v) is 6.00. The predicted molar refractivity (Wildman–Crippen MR) is 97.7 cm³/mol. The Morgan fingerprint density at radius 3 is 2.70 bits per heavy atom. The molecule has 0 saturated carbocycles. The highest BCUT2D eigenvalue weighted by atomic mass is 19.1. The van der Waals surface area contributed by atoms with Gasteiger partial charge in [-0.1, -0.05) is 29.8 Å². The van der Waals surface area contributed by atoms with Crippen molar-refractivity contribution in [1.82, 2.24) is 15.5 Å². The zero-order valence-corrected chi connectivity index (χ0v) is 14.9. The summed E-state index contributed by atoms with van der Waals surface area (Å²) in [7, 11) is 0. The molecule has 1 amide bonds. The third-order valence-corrected chi connectivity index (χ3v) is 3.85. The minimum Gasteiger partial charge on any atom is -0.489 e. The largest absolute Gasteiger partial charge is 0.489 e. The second kappa shape index (κ2) is 8.93. The molecule has 6 nitrogen and oxygen atoms in total. The molecule has 0 atom stereocenters. The Labute approximate surface area is 156 Å². The Bertz CT molecular complexity index is 893. The van der Waals surface area contributed by atoms with Crippen LogP contribution in [0.3, 0.4) is 0 Å². The molecular weight excluding hydrogens is 349 g/mol. The fourth-order valence-corrected chi connectivity index (χ4v) is 2.39. The Balaban J connectivity index is 1.39. The van der Waals surface area contributed by atoms with Crippen LogP contribution in [0.2, 0.25) is 0 Å². The topological polar surface area (TPSA) is 77.2 Å². The molecule has 0 saturated heterocycles. The van der Waals surface area contributed by atoms with Crippen LogP contribution in [0.1, 0.15) is 17.9 Å². The van der Waals surface area contributed by atoms with E-state index in [1.54, 1.807) is 18.2 Å². The van der Waals surface area contributed by atoms with Gasteiger partial charge < -0.3 is 14.5 Å². The highest BCUT2D eigenvalue weighted by Gasteiger charge is 2.10. The monoisotopic (exact) mass is 369 g/mol. The van der Waals surface area contributed by atoms with Crippen molar-refractivity contribution in [2.75, 3.05) is 13.2 Å². The maximum atomic E-state index is 13.4. The second-order valence-electron chi connectivity index (χ2n) is 6.00. The number of benzene rings is 2. The van der Waals surface area contributed by atoms with Crippen molar-refractivity contribution in [3.8, 4) is 17.2 Å². The first-order chi connectivity index (χ1) is 13.1. The summed E-state index contributed by atoms with van der Waals surface area (Å²) in [4.78, 5) is 11.9. The van der Waals surface area contributed by atoms with Gasteiger partial charge >= 0.3 is 0 Å². The van der Waals surface area contributed by atoms with Gasteiger partial charge in [0, 0.05) is 18.4 Å². The third-order valence-electron chi connectivity index (χ3n) is 3.85. The van der Waals surface area contributed by atoms with E-state index in [0.29, 0.717) is 18.2 Å². The van der Waals surface area contributed by atoms with Gasteiger partial charge in [0.15, 0.2) is 11.6 Å². The van der Waals surface area contributed by atoms with E-state index in [1.807, 2.05) is 31.2 Å². The summed E-state index contributed by atoms with van der Waals surface area (Å²) in [6.07, 6.45) is 0.564. The van der Waals surface area contributed by atoms with E-state index in [4.69, 9.17) is 9.15 Å². The predicted octanol–water partition coefficient (Wildman–Crippen LogP) is 3.31. The number of hydrogen-bond donors (Lipinski definition) is 1. The lowest BCUT2D eigenvalue weighted by Crippen LogP contribution is -2.28. The summed E-state index contributed by atoms with van der Waals surface area (Å²) < 4.78 is 24.3. The normalized spacial score (nSPS) is 10.6. The summed E-state index contributed by atoms with van der Waals surface area (Å²) in [5.41, 5.74) is 1.99. The van der Waals surface area contributed by atoms with Crippen molar-refractivity contribution in [2.24, 2.45) is 0 Å². The number of aryl methyl sites for hydroxylation is 2. The van der Waals surface area contributed by atoms with Crippen LogP contribution >= 0.6 is 0 Å². The van der Waals surface area contributed by atoms with Crippen molar-refractivity contribution in [2.45, 2.75) is 19.8 Å². The first-order valence-electron chi connectivity index (χ1n) is 8.65. The minimum atomic E-state index is -0.426. The number of carbonyl (C=O) groups is 1. The number of nitrogens with zero attached hydrogens (tertiary/aromatic N) is 2. The van der Waals surface area contributed by atoms with Crippen LogP contribution in [0.25, 0.3) is 11.5 Å². The lowest BCUT2D eigenvalue weighted by molar-refractivity contribution is -0.121. The van der Waals surface area contributed by atoms with E-state index in [9.17, 15) is 9.18 Å². The van der Waals surface area contributed by atoms with Gasteiger partial charge in [0.25, 0.3) is 0 Å². The Hall–Kier alpha value is -3.22. The van der Waals surface area contributed by atoms with Crippen LogP contribution in [-0.4, -0.2) is 29.3 Å². The zero-order valence-electron chi connectivity index (χ0n) is 14.9. The first kappa shape index (κ1) is 18.6. The van der Waals surface area contributed by atoms with Crippen LogP contribution in [0.4, 0.5) is 4.39 Å². The van der Waals surface area contributed by atoms with Crippen LogP contribution in [0.5, 0.6) is 5.75 Å². The summed E-state index contributed by atoms with van der Waals surface area (Å²) in [6.45, 7) is 2.47. The molecule has 0 bridgehead atoms. The number of amides is 1. The van der Waals surface area contributed by atoms with Crippen LogP contribution in [0, 0.1) is 12.7 Å². The molecule has 3 rings (SSSR count). The molecule has 27 heavy (non-hydrogen) atoms. The van der Waals surface area contributed by atoms with E-state index < -0.39 is 5.82 Å². The fourth-order valence-electron chi connectivity index (χ4n) is 2.39. The summed E-state index contributed by atoms with van der Waals surface area (Å²) >= 11 is 0. The number of para-hydroxylation sites is 1. The molecular formula is C20H20FN3O3. The molecule has 0 aliphatic carbocycles. The van der Waals surface area contributed by atoms with Gasteiger partial charge in [0.1, 0.15) is 6.61 Å². The number of ether oxygens (including phenoxy) is 1. The van der Waals surface area contributed by atoms with Crippen LogP contribution in [0.15, 0.2) is 52.9 Å². The summed E-state index contributed by atoms with van der Waals surface area (Å²) in [5.74, 6) is 0.417. The quantitative estimate of drug-likeness (QED) is 0.617. The molecule has 0 spiro atoms. The molecule has 1 aromatic heterocycles. The lowest BCUT2D eigenvalue weighted by atomic mass is 10.1. The van der Waals surface area contributed by atoms with E-state index in [-0.39, 0.29) is 31.2 Å². The molecule has 0 aliphatic heterocycles. The smallest absolute Gasteiger partial charge is 0.247 e. The van der Waals surface area contributed by atoms with E-state index in [1.165, 1.54) is 6.07 Å². The zero-order chi connectivity index (χ0) is 19.1. The van der Waals surface area contributed by atoms with Crippen molar-refractivity contribution in [1.29, 1.82) is 0 Å². The van der Waals surface area contributed by atoms with Gasteiger partial charge in [0.05, 0.1) is 6.54 Å². The van der Waals surface area contributed by atoms with Gasteiger partial charge in [-0.2, -0.15) is 0 Å². The minimum absolute atomic E-state index is 0.165. The number of halogens is 1. The fraction of sp³-hybridized carbons (Fsp3) is 0.250. The van der Waals surface area contributed by atoms with Gasteiger partial charge in [-0.3, -0.25) is 4.79 Å². The molecule has 7 heteroatoms. The van der Waals surface area contributed by atoms with Crippen molar-refractivity contribution >= 4 is 5.91 Å². The van der Waals surface area contributed by atoms with Gasteiger partial charge in [-0.25, -0.2) is 4.39 Å². The lowest BCUT2D eigenvalue weighted by Gasteiger charge is -2.07. The van der Waals surface area contributed by atoms with Gasteiger partial charge in [0.2, 0.25) is 17.7 Å². The number of hydrogen-bond acceptors (Lipinski definition) is 5. The Morgan fingerprint density at radius 1 is 1.15 bits per heavy atom. The molecule has 0 unspecified atom stereocenters. The summed E-state index contributed by atoms with van der Waals surface area (Å²) in [5, 5.41) is 10.7. The third kappa shape index (κ3) is 5.37. The van der Waals surface area contributed by atoms with Crippen molar-refractivity contribution in [3.05, 3.63) is 65.8 Å². The molecule has 0 fully saturated rings. The number of rotatable bonds is 8. The molecule has 0 radical (unpaired) electrons. The maximum Gasteiger partial charge on any atom is 0.247 e. The van der Waals surface area contributed by atoms with Gasteiger partial charge in [-0.05, 0) is 31.2 Å². The van der Waals surface area contributed by atoms with E-state index in [2.05, 4.69) is 15.5 Å². The Morgan fingerprint density at radius 2 is 1.93 bits per heavy atom. The number of nitrogens with one attached hydrogen (secondary N) is 1. The summed E-state index contributed by atoms with van der Waals surface area (Å²) in [6, 6.07) is 13.9. The van der Waals surface area contributed by atoms with E-state index in [0.717, 1.165) is 11.1 Å². The average molecular weight is 369 g/mol.